The topological polar surface area (TPSA) is 192 Å². The van der Waals surface area contributed by atoms with Crippen LogP contribution >= 0.6 is 0 Å². The number of rotatable bonds is 8. The lowest BCUT2D eigenvalue weighted by atomic mass is 9.88. The molecular formula is C46H73N5O10. The van der Waals surface area contributed by atoms with Gasteiger partial charge in [-0.2, -0.15) is 0 Å². The Morgan fingerprint density at radius 2 is 1.36 bits per heavy atom. The summed E-state index contributed by atoms with van der Waals surface area (Å²) < 4.78 is 11.8. The number of hydrogen-bond donors (Lipinski definition) is 3. The molecule has 0 saturated carbocycles. The third-order valence-electron chi connectivity index (χ3n) is 12.4. The van der Waals surface area contributed by atoms with Crippen LogP contribution in [-0.2, 0) is 49.5 Å². The molecule has 15 heteroatoms. The summed E-state index contributed by atoms with van der Waals surface area (Å²) in [4.78, 5) is 100. The molecule has 61 heavy (non-hydrogen) atoms. The lowest BCUT2D eigenvalue weighted by molar-refractivity contribution is -0.162. The van der Waals surface area contributed by atoms with E-state index in [2.05, 4.69) is 10.6 Å². The Balaban J connectivity index is 2.63. The molecule has 11 atom stereocenters. The summed E-state index contributed by atoms with van der Waals surface area (Å²) in [5, 5.41) is 16.7. The number of carbonyl (C=O) groups is 7. The first-order chi connectivity index (χ1) is 28.6. The second-order valence-corrected chi connectivity index (χ2v) is 17.1. The van der Waals surface area contributed by atoms with Crippen LogP contribution < -0.4 is 10.6 Å². The number of cyclic esters (lactones) is 2. The summed E-state index contributed by atoms with van der Waals surface area (Å²) in [6.07, 6.45) is 0.906. The monoisotopic (exact) mass is 856 g/mol. The molecule has 0 bridgehead atoms. The summed E-state index contributed by atoms with van der Waals surface area (Å²) in [6, 6.07) is 4.73. The summed E-state index contributed by atoms with van der Waals surface area (Å²) in [5.74, 6) is -5.62. The van der Waals surface area contributed by atoms with Gasteiger partial charge in [-0.1, -0.05) is 97.7 Å². The van der Waals surface area contributed by atoms with Gasteiger partial charge in [0.2, 0.25) is 23.6 Å². The zero-order chi connectivity index (χ0) is 46.3. The lowest BCUT2D eigenvalue weighted by Gasteiger charge is -2.34. The van der Waals surface area contributed by atoms with E-state index >= 15 is 0 Å². The molecule has 0 spiro atoms. The Morgan fingerprint density at radius 1 is 0.770 bits per heavy atom. The summed E-state index contributed by atoms with van der Waals surface area (Å²) >= 11 is 0. The van der Waals surface area contributed by atoms with E-state index < -0.39 is 96.4 Å². The van der Waals surface area contributed by atoms with Crippen molar-refractivity contribution in [3.63, 3.8) is 0 Å². The highest BCUT2D eigenvalue weighted by molar-refractivity contribution is 5.96. The van der Waals surface area contributed by atoms with E-state index in [0.29, 0.717) is 25.7 Å². The van der Waals surface area contributed by atoms with Crippen molar-refractivity contribution in [2.45, 2.75) is 150 Å². The summed E-state index contributed by atoms with van der Waals surface area (Å²) in [5.41, 5.74) is 0.920. The molecule has 3 N–H and O–H groups in total. The second kappa shape index (κ2) is 24.6. The molecule has 0 saturated heterocycles. The van der Waals surface area contributed by atoms with E-state index in [4.69, 9.17) is 9.47 Å². The Hall–Kier alpha value is -4.79. The van der Waals surface area contributed by atoms with E-state index in [1.54, 1.807) is 39.0 Å². The maximum Gasteiger partial charge on any atom is 0.334 e. The highest BCUT2D eigenvalue weighted by Crippen LogP contribution is 2.25. The van der Waals surface area contributed by atoms with E-state index in [9.17, 15) is 38.7 Å². The van der Waals surface area contributed by atoms with Crippen molar-refractivity contribution in [3.05, 3.63) is 47.5 Å². The Labute approximate surface area is 363 Å². The molecule has 1 aliphatic heterocycles. The maximum atomic E-state index is 14.2. The van der Waals surface area contributed by atoms with Crippen molar-refractivity contribution in [2.24, 2.45) is 23.7 Å². The minimum Gasteiger partial charge on any atom is -0.461 e. The van der Waals surface area contributed by atoms with Crippen LogP contribution in [0.1, 0.15) is 107 Å². The smallest absolute Gasteiger partial charge is 0.334 e. The number of benzene rings is 1. The van der Waals surface area contributed by atoms with Gasteiger partial charge in [0.15, 0.2) is 6.10 Å². The first-order valence-corrected chi connectivity index (χ1v) is 21.8. The number of carbonyl (C=O) groups excluding carboxylic acids is 7. The van der Waals surface area contributed by atoms with E-state index in [1.807, 2.05) is 52.8 Å². The lowest BCUT2D eigenvalue weighted by Crippen LogP contribution is -2.58. The van der Waals surface area contributed by atoms with Crippen molar-refractivity contribution in [1.82, 2.24) is 25.3 Å². The third-order valence-corrected chi connectivity index (χ3v) is 12.4. The van der Waals surface area contributed by atoms with Crippen molar-refractivity contribution in [1.29, 1.82) is 0 Å². The van der Waals surface area contributed by atoms with Crippen LogP contribution in [0.4, 0.5) is 0 Å². The van der Waals surface area contributed by atoms with Gasteiger partial charge in [0.05, 0.1) is 12.6 Å². The van der Waals surface area contributed by atoms with Gasteiger partial charge >= 0.3 is 11.9 Å². The van der Waals surface area contributed by atoms with Gasteiger partial charge in [0, 0.05) is 39.1 Å². The zero-order valence-electron chi connectivity index (χ0n) is 38.7. The van der Waals surface area contributed by atoms with Crippen LogP contribution in [0.3, 0.4) is 0 Å². The highest BCUT2D eigenvalue weighted by atomic mass is 16.6. The van der Waals surface area contributed by atoms with Crippen molar-refractivity contribution < 1.29 is 48.1 Å². The van der Waals surface area contributed by atoms with Crippen LogP contribution in [0.15, 0.2) is 42.0 Å². The number of amides is 5. The predicted octanol–water partition coefficient (Wildman–Crippen LogP) is 4.05. The molecule has 1 heterocycles. The largest absolute Gasteiger partial charge is 0.461 e. The van der Waals surface area contributed by atoms with E-state index in [0.717, 1.165) is 5.56 Å². The Morgan fingerprint density at radius 3 is 1.93 bits per heavy atom. The summed E-state index contributed by atoms with van der Waals surface area (Å²) in [6.45, 7) is 17.1. The fraction of sp³-hybridized carbons (Fsp3) is 0.674. The number of ether oxygens (including phenoxy) is 2. The van der Waals surface area contributed by atoms with Gasteiger partial charge in [-0.15, -0.1) is 0 Å². The number of esters is 2. The van der Waals surface area contributed by atoms with Crippen molar-refractivity contribution >= 4 is 41.5 Å². The van der Waals surface area contributed by atoms with E-state index in [1.165, 1.54) is 49.7 Å². The van der Waals surface area contributed by atoms with Gasteiger partial charge in [-0.05, 0) is 63.4 Å². The van der Waals surface area contributed by atoms with Crippen molar-refractivity contribution in [3.8, 4) is 0 Å². The minimum atomic E-state index is -1.25. The average molecular weight is 856 g/mol. The standard InChI is InChI=1S/C46H73N5O10/c1-14-27(4)37-24-31(8)36(52)23-22-30(7)45(58)61-40(29(6)16-3)41(54)47-32(9)42(55)51(13)35(25-34-20-18-17-19-21-34)43(56)49(11)26-38(53)48-39(28(5)15-2)44(57)50(12)33(10)46(59)60-37/h17-22,27-29,31-33,35-37,39-40,52H,14-16,23-26H2,1-13H3,(H,47,54)(H,48,53). The molecule has 1 aromatic rings. The molecule has 0 aromatic heterocycles. The molecule has 2 rings (SSSR count). The molecule has 1 aliphatic rings. The SMILES string of the molecule is CCC(C)C1CC(C)C(O)CC=C(C)C(=O)OC(C(C)CC)C(=O)NC(C)C(=O)N(C)C(Cc2ccccc2)C(=O)N(C)CC(=O)NC(C(C)CC)C(=O)N(C)C(C)C(=O)O1. The van der Waals surface area contributed by atoms with Gasteiger partial charge < -0.3 is 39.9 Å². The molecule has 1 aromatic carbocycles. The molecule has 0 radical (unpaired) electrons. The molecule has 11 unspecified atom stereocenters. The average Bonchev–Trinajstić information content (AvgIpc) is 3.25. The van der Waals surface area contributed by atoms with Gasteiger partial charge in [-0.25, -0.2) is 9.59 Å². The maximum absolute atomic E-state index is 14.2. The van der Waals surface area contributed by atoms with Crippen LogP contribution in [-0.4, -0.2) is 131 Å². The normalized spacial score (nSPS) is 28.5. The molecular weight excluding hydrogens is 783 g/mol. The minimum absolute atomic E-state index is 0.0791. The Kier molecular flexibility index (Phi) is 21.1. The zero-order valence-corrected chi connectivity index (χ0v) is 38.7. The van der Waals surface area contributed by atoms with Crippen LogP contribution in [0.2, 0.25) is 0 Å². The van der Waals surface area contributed by atoms with E-state index in [-0.39, 0.29) is 36.2 Å². The van der Waals surface area contributed by atoms with Crippen molar-refractivity contribution in [2.75, 3.05) is 27.7 Å². The molecule has 0 fully saturated rings. The van der Waals surface area contributed by atoms with Gasteiger partial charge in [-0.3, -0.25) is 24.0 Å². The van der Waals surface area contributed by atoms with Crippen LogP contribution in [0, 0.1) is 23.7 Å². The first-order valence-electron chi connectivity index (χ1n) is 21.8. The number of likely N-dealkylation sites (N-methyl/N-ethyl adjacent to an activating group) is 3. The van der Waals surface area contributed by atoms with Crippen LogP contribution in [0.25, 0.3) is 0 Å². The fourth-order valence-corrected chi connectivity index (χ4v) is 6.96. The van der Waals surface area contributed by atoms with Crippen LogP contribution in [0.5, 0.6) is 0 Å². The predicted molar refractivity (Wildman–Crippen MR) is 232 cm³/mol. The van der Waals surface area contributed by atoms with Gasteiger partial charge in [0.25, 0.3) is 5.91 Å². The number of nitrogens with one attached hydrogen (secondary N) is 2. The number of aliphatic hydroxyl groups excluding tert-OH is 1. The Bertz CT molecular complexity index is 1690. The number of hydrogen-bond acceptors (Lipinski definition) is 10. The second-order valence-electron chi connectivity index (χ2n) is 17.1. The molecule has 15 nitrogen and oxygen atoms in total. The highest BCUT2D eigenvalue weighted by Gasteiger charge is 2.38. The number of nitrogens with zero attached hydrogens (tertiary/aromatic N) is 3. The quantitative estimate of drug-likeness (QED) is 0.322. The molecule has 342 valence electrons. The summed E-state index contributed by atoms with van der Waals surface area (Å²) in [7, 11) is 4.35. The van der Waals surface area contributed by atoms with Gasteiger partial charge in [0.1, 0.15) is 30.3 Å². The molecule has 5 amide bonds. The first kappa shape index (κ1) is 52.3. The third kappa shape index (κ3) is 15.0. The fourth-order valence-electron chi connectivity index (χ4n) is 6.96. The number of aliphatic hydroxyl groups is 1. The molecule has 0 aliphatic carbocycles.